The van der Waals surface area contributed by atoms with Crippen molar-refractivity contribution >= 4 is 49.6 Å². The zero-order valence-electron chi connectivity index (χ0n) is 13.9. The third kappa shape index (κ3) is 3.31. The SMILES string of the molecule is Cc1sc(-c2cn(C(C)C)c3cc(NS(C)(=O)=O)ccc23)cc1Cl. The number of halogens is 1. The molecule has 24 heavy (non-hydrogen) atoms. The zero-order valence-corrected chi connectivity index (χ0v) is 16.3. The first kappa shape index (κ1) is 17.3. The standard InChI is InChI=1S/C17H19ClN2O2S2/c1-10(2)20-9-14(17-8-15(18)11(3)23-17)13-6-5-12(7-16(13)20)19-24(4,21)22/h5-10,19H,1-4H3. The molecular weight excluding hydrogens is 364 g/mol. The van der Waals surface area contributed by atoms with Crippen molar-refractivity contribution in [2.75, 3.05) is 11.0 Å². The van der Waals surface area contributed by atoms with Crippen molar-refractivity contribution in [1.82, 2.24) is 4.57 Å². The molecule has 1 aromatic carbocycles. The van der Waals surface area contributed by atoms with Crippen LogP contribution in [0.25, 0.3) is 21.3 Å². The largest absolute Gasteiger partial charge is 0.344 e. The van der Waals surface area contributed by atoms with Crippen molar-refractivity contribution in [2.24, 2.45) is 0 Å². The van der Waals surface area contributed by atoms with E-state index in [1.165, 1.54) is 0 Å². The summed E-state index contributed by atoms with van der Waals surface area (Å²) in [5, 5.41) is 1.86. The number of hydrogen-bond acceptors (Lipinski definition) is 3. The molecule has 2 aromatic heterocycles. The highest BCUT2D eigenvalue weighted by molar-refractivity contribution is 7.92. The van der Waals surface area contributed by atoms with Gasteiger partial charge in [0.1, 0.15) is 0 Å². The number of nitrogens with one attached hydrogen (secondary N) is 1. The van der Waals surface area contributed by atoms with Gasteiger partial charge in [-0.1, -0.05) is 17.7 Å². The molecule has 0 atom stereocenters. The van der Waals surface area contributed by atoms with Crippen LogP contribution in [0.5, 0.6) is 0 Å². The van der Waals surface area contributed by atoms with Crippen molar-refractivity contribution in [3.8, 4) is 10.4 Å². The van der Waals surface area contributed by atoms with Crippen molar-refractivity contribution in [3.05, 3.63) is 40.4 Å². The molecule has 0 aliphatic rings. The van der Waals surface area contributed by atoms with Crippen molar-refractivity contribution < 1.29 is 8.42 Å². The Labute approximate surface area is 151 Å². The first-order valence-electron chi connectivity index (χ1n) is 7.54. The van der Waals surface area contributed by atoms with Crippen LogP contribution in [0.3, 0.4) is 0 Å². The summed E-state index contributed by atoms with van der Waals surface area (Å²) in [4.78, 5) is 2.21. The molecule has 128 valence electrons. The first-order chi connectivity index (χ1) is 11.2. The number of fused-ring (bicyclic) bond motifs is 1. The van der Waals surface area contributed by atoms with Crippen LogP contribution in [0, 0.1) is 6.92 Å². The van der Waals surface area contributed by atoms with Crippen molar-refractivity contribution in [2.45, 2.75) is 26.8 Å². The van der Waals surface area contributed by atoms with Crippen LogP contribution < -0.4 is 4.72 Å². The summed E-state index contributed by atoms with van der Waals surface area (Å²) in [7, 11) is -3.30. The smallest absolute Gasteiger partial charge is 0.229 e. The second-order valence-electron chi connectivity index (χ2n) is 6.16. The fraction of sp³-hybridized carbons (Fsp3) is 0.294. The van der Waals surface area contributed by atoms with Crippen LogP contribution in [0.15, 0.2) is 30.5 Å². The maximum Gasteiger partial charge on any atom is 0.229 e. The van der Waals surface area contributed by atoms with E-state index in [1.54, 1.807) is 17.4 Å². The van der Waals surface area contributed by atoms with E-state index in [-0.39, 0.29) is 6.04 Å². The second-order valence-corrected chi connectivity index (χ2v) is 9.58. The Balaban J connectivity index is 2.22. The Morgan fingerprint density at radius 3 is 2.50 bits per heavy atom. The van der Waals surface area contributed by atoms with E-state index in [1.807, 2.05) is 25.1 Å². The number of benzene rings is 1. The number of thiophene rings is 1. The first-order valence-corrected chi connectivity index (χ1v) is 10.6. The lowest BCUT2D eigenvalue weighted by atomic mass is 10.1. The number of aromatic nitrogens is 1. The number of hydrogen-bond donors (Lipinski definition) is 1. The summed E-state index contributed by atoms with van der Waals surface area (Å²) in [5.41, 5.74) is 2.68. The quantitative estimate of drug-likeness (QED) is 0.667. The summed E-state index contributed by atoms with van der Waals surface area (Å²) in [5.74, 6) is 0. The molecule has 0 saturated carbocycles. The molecule has 0 spiro atoms. The third-order valence-corrected chi connectivity index (χ3v) is 6.01. The molecule has 3 aromatic rings. The predicted molar refractivity (Wildman–Crippen MR) is 104 cm³/mol. The molecule has 2 heterocycles. The third-order valence-electron chi connectivity index (χ3n) is 3.82. The van der Waals surface area contributed by atoms with Crippen LogP contribution in [-0.4, -0.2) is 19.2 Å². The fourth-order valence-electron chi connectivity index (χ4n) is 2.74. The lowest BCUT2D eigenvalue weighted by molar-refractivity contribution is 0.607. The van der Waals surface area contributed by atoms with Gasteiger partial charge in [-0.15, -0.1) is 11.3 Å². The number of nitrogens with zero attached hydrogens (tertiary/aromatic N) is 1. The van der Waals surface area contributed by atoms with Crippen LogP contribution in [0.1, 0.15) is 24.8 Å². The number of rotatable bonds is 4. The van der Waals surface area contributed by atoms with Crippen LogP contribution in [0.2, 0.25) is 5.02 Å². The Morgan fingerprint density at radius 2 is 1.96 bits per heavy atom. The summed E-state index contributed by atoms with van der Waals surface area (Å²) < 4.78 is 27.7. The maximum absolute atomic E-state index is 11.5. The van der Waals surface area contributed by atoms with E-state index in [9.17, 15) is 8.42 Å². The lowest BCUT2D eigenvalue weighted by Crippen LogP contribution is -2.09. The van der Waals surface area contributed by atoms with Crippen LogP contribution >= 0.6 is 22.9 Å². The number of anilines is 1. The summed E-state index contributed by atoms with van der Waals surface area (Å²) >= 11 is 7.89. The molecule has 0 bridgehead atoms. The molecule has 0 fully saturated rings. The normalized spacial score (nSPS) is 12.2. The number of sulfonamides is 1. The lowest BCUT2D eigenvalue weighted by Gasteiger charge is -2.10. The van der Waals surface area contributed by atoms with Gasteiger partial charge in [0.15, 0.2) is 0 Å². The Bertz CT molecular complexity index is 997. The van der Waals surface area contributed by atoms with Crippen LogP contribution in [-0.2, 0) is 10.0 Å². The zero-order chi connectivity index (χ0) is 17.6. The molecule has 0 amide bonds. The van der Waals surface area contributed by atoms with Gasteiger partial charge < -0.3 is 4.57 Å². The highest BCUT2D eigenvalue weighted by atomic mass is 35.5. The van der Waals surface area contributed by atoms with E-state index >= 15 is 0 Å². The second kappa shape index (κ2) is 6.10. The average Bonchev–Trinajstić information content (AvgIpc) is 2.98. The van der Waals surface area contributed by atoms with Gasteiger partial charge in [0, 0.05) is 32.9 Å². The molecule has 3 rings (SSSR count). The van der Waals surface area contributed by atoms with E-state index in [0.717, 1.165) is 37.5 Å². The predicted octanol–water partition coefficient (Wildman–Crippen LogP) is 5.28. The van der Waals surface area contributed by atoms with E-state index in [0.29, 0.717) is 5.69 Å². The van der Waals surface area contributed by atoms with E-state index in [2.05, 4.69) is 29.3 Å². The minimum atomic E-state index is -3.30. The molecule has 0 aliphatic heterocycles. The maximum atomic E-state index is 11.5. The minimum Gasteiger partial charge on any atom is -0.344 e. The van der Waals surface area contributed by atoms with Gasteiger partial charge in [-0.3, -0.25) is 4.72 Å². The Morgan fingerprint density at radius 1 is 1.25 bits per heavy atom. The Hall–Kier alpha value is -1.50. The molecule has 0 unspecified atom stereocenters. The van der Waals surface area contributed by atoms with Gasteiger partial charge in [0.2, 0.25) is 10.0 Å². The molecule has 0 saturated heterocycles. The molecule has 1 N–H and O–H groups in total. The van der Waals surface area contributed by atoms with Crippen LogP contribution in [0.4, 0.5) is 5.69 Å². The van der Waals surface area contributed by atoms with Gasteiger partial charge in [-0.2, -0.15) is 0 Å². The van der Waals surface area contributed by atoms with Gasteiger partial charge in [-0.25, -0.2) is 8.42 Å². The summed E-state index contributed by atoms with van der Waals surface area (Å²) in [6.45, 7) is 6.21. The molecule has 4 nitrogen and oxygen atoms in total. The molecule has 0 aliphatic carbocycles. The number of aryl methyl sites for hydroxylation is 1. The summed E-state index contributed by atoms with van der Waals surface area (Å²) in [6, 6.07) is 7.87. The molecule has 7 heteroatoms. The summed E-state index contributed by atoms with van der Waals surface area (Å²) in [6.07, 6.45) is 3.27. The van der Waals surface area contributed by atoms with E-state index < -0.39 is 10.0 Å². The van der Waals surface area contributed by atoms with Crippen molar-refractivity contribution in [3.63, 3.8) is 0 Å². The highest BCUT2D eigenvalue weighted by Crippen LogP contribution is 2.40. The van der Waals surface area contributed by atoms with E-state index in [4.69, 9.17) is 11.6 Å². The minimum absolute atomic E-state index is 0.256. The van der Waals surface area contributed by atoms with Gasteiger partial charge in [0.05, 0.1) is 22.5 Å². The fourth-order valence-corrected chi connectivity index (χ4v) is 4.53. The monoisotopic (exact) mass is 382 g/mol. The van der Waals surface area contributed by atoms with Gasteiger partial charge in [0.25, 0.3) is 0 Å². The Kier molecular flexibility index (Phi) is 4.40. The highest BCUT2D eigenvalue weighted by Gasteiger charge is 2.16. The molecule has 0 radical (unpaired) electrons. The van der Waals surface area contributed by atoms with Gasteiger partial charge in [-0.05, 0) is 39.0 Å². The molecular formula is C17H19ClN2O2S2. The van der Waals surface area contributed by atoms with Gasteiger partial charge >= 0.3 is 0 Å². The average molecular weight is 383 g/mol. The topological polar surface area (TPSA) is 51.1 Å². The van der Waals surface area contributed by atoms with Crippen molar-refractivity contribution in [1.29, 1.82) is 0 Å².